The molecule has 2 rings (SSSR count). The zero-order valence-electron chi connectivity index (χ0n) is 12.3. The molecule has 6 heteroatoms. The van der Waals surface area contributed by atoms with E-state index >= 15 is 0 Å². The summed E-state index contributed by atoms with van der Waals surface area (Å²) in [6.45, 7) is 5.41. The monoisotopic (exact) mass is 318 g/mol. The molecule has 0 spiro atoms. The Hall–Kier alpha value is -1.56. The van der Waals surface area contributed by atoms with Gasteiger partial charge >= 0.3 is 6.18 Å². The lowest BCUT2D eigenvalue weighted by atomic mass is 9.87. The second-order valence-corrected chi connectivity index (χ2v) is 5.15. The predicted molar refractivity (Wildman–Crippen MR) is 74.5 cm³/mol. The van der Waals surface area contributed by atoms with Crippen LogP contribution in [-0.2, 0) is 10.9 Å². The average Bonchev–Trinajstić information content (AvgIpc) is 2.48. The van der Waals surface area contributed by atoms with Gasteiger partial charge in [0.2, 0.25) is 0 Å². The van der Waals surface area contributed by atoms with Crippen LogP contribution in [0.3, 0.4) is 0 Å². The van der Waals surface area contributed by atoms with Crippen LogP contribution in [0.15, 0.2) is 24.8 Å². The first-order valence-electron chi connectivity index (χ1n) is 7.15. The Bertz CT molecular complexity index is 532. The van der Waals surface area contributed by atoms with Gasteiger partial charge in [0.15, 0.2) is 11.6 Å². The smallest absolute Gasteiger partial charge is 0.419 e. The van der Waals surface area contributed by atoms with Crippen LogP contribution in [0.1, 0.15) is 36.8 Å². The van der Waals surface area contributed by atoms with Gasteiger partial charge in [-0.15, -0.1) is 6.58 Å². The molecule has 0 saturated carbocycles. The number of alkyl halides is 3. The molecule has 1 aromatic carbocycles. The molecule has 1 aromatic rings. The van der Waals surface area contributed by atoms with Crippen molar-refractivity contribution in [1.29, 1.82) is 0 Å². The van der Waals surface area contributed by atoms with Crippen molar-refractivity contribution in [3.05, 3.63) is 41.7 Å². The molecule has 2 atom stereocenters. The van der Waals surface area contributed by atoms with Gasteiger partial charge in [0.05, 0.1) is 24.9 Å². The first-order chi connectivity index (χ1) is 10.4. The minimum Gasteiger partial charge on any atom is -0.491 e. The lowest BCUT2D eigenvalue weighted by Gasteiger charge is -2.29. The second-order valence-electron chi connectivity index (χ2n) is 5.15. The van der Waals surface area contributed by atoms with Crippen LogP contribution in [0, 0.1) is 5.82 Å². The molecule has 0 amide bonds. The SMILES string of the molecule is C=CC1CCC(c2ccc(OCC)c(F)c2C(F)(F)F)CO1. The molecule has 0 N–H and O–H groups in total. The predicted octanol–water partition coefficient (Wildman–Crippen LogP) is 4.69. The van der Waals surface area contributed by atoms with Gasteiger partial charge in [-0.2, -0.15) is 13.2 Å². The minimum atomic E-state index is -4.78. The van der Waals surface area contributed by atoms with E-state index in [4.69, 9.17) is 9.47 Å². The molecule has 1 saturated heterocycles. The first kappa shape index (κ1) is 16.8. The van der Waals surface area contributed by atoms with Crippen LogP contribution in [0.2, 0.25) is 0 Å². The lowest BCUT2D eigenvalue weighted by Crippen LogP contribution is -2.25. The summed E-state index contributed by atoms with van der Waals surface area (Å²) in [7, 11) is 0. The zero-order chi connectivity index (χ0) is 16.3. The van der Waals surface area contributed by atoms with Crippen LogP contribution >= 0.6 is 0 Å². The van der Waals surface area contributed by atoms with Gasteiger partial charge in [0.25, 0.3) is 0 Å². The Labute approximate surface area is 126 Å². The first-order valence-corrected chi connectivity index (χ1v) is 7.15. The van der Waals surface area contributed by atoms with Crippen molar-refractivity contribution in [3.63, 3.8) is 0 Å². The van der Waals surface area contributed by atoms with Gasteiger partial charge in [-0.3, -0.25) is 0 Å². The fourth-order valence-electron chi connectivity index (χ4n) is 2.67. The number of hydrogen-bond acceptors (Lipinski definition) is 2. The Kier molecular flexibility index (Phi) is 5.11. The topological polar surface area (TPSA) is 18.5 Å². The quantitative estimate of drug-likeness (QED) is 0.592. The number of hydrogen-bond donors (Lipinski definition) is 0. The highest BCUT2D eigenvalue weighted by Gasteiger charge is 2.40. The van der Waals surface area contributed by atoms with E-state index in [0.29, 0.717) is 12.8 Å². The maximum absolute atomic E-state index is 14.2. The zero-order valence-corrected chi connectivity index (χ0v) is 12.3. The van der Waals surface area contributed by atoms with E-state index in [1.165, 1.54) is 12.1 Å². The second kappa shape index (κ2) is 6.69. The van der Waals surface area contributed by atoms with Crippen molar-refractivity contribution in [2.24, 2.45) is 0 Å². The number of benzene rings is 1. The highest BCUT2D eigenvalue weighted by Crippen LogP contribution is 2.42. The minimum absolute atomic E-state index is 0.0732. The standard InChI is InChI=1S/C16H18F4O2/c1-3-11-6-5-10(9-22-11)12-7-8-13(21-4-2)15(17)14(12)16(18,19)20/h3,7-8,10-11H,1,4-6,9H2,2H3. The fraction of sp³-hybridized carbons (Fsp3) is 0.500. The molecule has 0 bridgehead atoms. The highest BCUT2D eigenvalue weighted by atomic mass is 19.4. The average molecular weight is 318 g/mol. The van der Waals surface area contributed by atoms with Gasteiger partial charge in [-0.1, -0.05) is 12.1 Å². The maximum Gasteiger partial charge on any atom is 0.419 e. The molecular weight excluding hydrogens is 300 g/mol. The van der Waals surface area contributed by atoms with Gasteiger partial charge in [0.1, 0.15) is 0 Å². The van der Waals surface area contributed by atoms with Crippen LogP contribution in [-0.4, -0.2) is 19.3 Å². The normalized spacial score (nSPS) is 22.4. The number of rotatable bonds is 4. The molecule has 1 aliphatic rings. The summed E-state index contributed by atoms with van der Waals surface area (Å²) in [6.07, 6.45) is -2.24. The Morgan fingerprint density at radius 2 is 2.09 bits per heavy atom. The molecule has 1 heterocycles. The molecule has 0 aromatic heterocycles. The van der Waals surface area contributed by atoms with Crippen LogP contribution in [0.25, 0.3) is 0 Å². The summed E-state index contributed by atoms with van der Waals surface area (Å²) in [5.41, 5.74) is -1.32. The van der Waals surface area contributed by atoms with Crippen molar-refractivity contribution >= 4 is 0 Å². The van der Waals surface area contributed by atoms with Gasteiger partial charge in [0, 0.05) is 5.92 Å². The molecule has 1 aliphatic heterocycles. The molecule has 0 radical (unpaired) electrons. The summed E-state index contributed by atoms with van der Waals surface area (Å²) in [5.74, 6) is -2.21. The van der Waals surface area contributed by atoms with E-state index in [1.807, 2.05) is 0 Å². The van der Waals surface area contributed by atoms with Crippen molar-refractivity contribution in [1.82, 2.24) is 0 Å². The Balaban J connectivity index is 2.39. The molecular formula is C16H18F4O2. The van der Waals surface area contributed by atoms with Gasteiger partial charge in [-0.25, -0.2) is 4.39 Å². The largest absolute Gasteiger partial charge is 0.491 e. The fourth-order valence-corrected chi connectivity index (χ4v) is 2.67. The summed E-state index contributed by atoms with van der Waals surface area (Å²) >= 11 is 0. The highest BCUT2D eigenvalue weighted by molar-refractivity contribution is 5.41. The Morgan fingerprint density at radius 3 is 2.59 bits per heavy atom. The molecule has 122 valence electrons. The van der Waals surface area contributed by atoms with Crippen molar-refractivity contribution in [3.8, 4) is 5.75 Å². The van der Waals surface area contributed by atoms with E-state index in [0.717, 1.165) is 0 Å². The lowest BCUT2D eigenvalue weighted by molar-refractivity contribution is -0.141. The van der Waals surface area contributed by atoms with Crippen LogP contribution < -0.4 is 4.74 Å². The van der Waals surface area contributed by atoms with E-state index in [-0.39, 0.29) is 30.6 Å². The number of ether oxygens (including phenoxy) is 2. The summed E-state index contributed by atoms with van der Waals surface area (Å²) < 4.78 is 64.4. The third kappa shape index (κ3) is 3.43. The summed E-state index contributed by atoms with van der Waals surface area (Å²) in [6, 6.07) is 2.54. The summed E-state index contributed by atoms with van der Waals surface area (Å²) in [5, 5.41) is 0. The van der Waals surface area contributed by atoms with Crippen LogP contribution in [0.4, 0.5) is 17.6 Å². The van der Waals surface area contributed by atoms with Gasteiger partial charge < -0.3 is 9.47 Å². The Morgan fingerprint density at radius 1 is 1.36 bits per heavy atom. The molecule has 2 unspecified atom stereocenters. The van der Waals surface area contributed by atoms with Crippen LogP contribution in [0.5, 0.6) is 5.75 Å². The maximum atomic E-state index is 14.2. The van der Waals surface area contributed by atoms with Crippen molar-refractivity contribution in [2.75, 3.05) is 13.2 Å². The number of halogens is 4. The third-order valence-corrected chi connectivity index (χ3v) is 3.74. The molecule has 1 fully saturated rings. The third-order valence-electron chi connectivity index (χ3n) is 3.74. The van der Waals surface area contributed by atoms with Crippen molar-refractivity contribution < 1.29 is 27.0 Å². The molecule has 2 nitrogen and oxygen atoms in total. The van der Waals surface area contributed by atoms with E-state index < -0.39 is 23.5 Å². The van der Waals surface area contributed by atoms with E-state index in [9.17, 15) is 17.6 Å². The van der Waals surface area contributed by atoms with E-state index in [2.05, 4.69) is 6.58 Å². The summed E-state index contributed by atoms with van der Waals surface area (Å²) in [4.78, 5) is 0. The molecule has 0 aliphatic carbocycles. The van der Waals surface area contributed by atoms with E-state index in [1.54, 1.807) is 13.0 Å². The van der Waals surface area contributed by atoms with Gasteiger partial charge in [-0.05, 0) is 31.4 Å². The van der Waals surface area contributed by atoms with Crippen molar-refractivity contribution in [2.45, 2.75) is 38.0 Å². The molecule has 22 heavy (non-hydrogen) atoms.